The molecule has 2 N–H and O–H groups in total. The van der Waals surface area contributed by atoms with Gasteiger partial charge in [-0.2, -0.15) is 0 Å². The SMILES string of the molecule is NCCCCc1nccc2c(Cl)c(Cl)ccc12. The molecule has 0 spiro atoms. The van der Waals surface area contributed by atoms with Crippen LogP contribution in [0.3, 0.4) is 0 Å². The van der Waals surface area contributed by atoms with Crippen LogP contribution in [0, 0.1) is 0 Å². The average molecular weight is 269 g/mol. The molecule has 2 nitrogen and oxygen atoms in total. The Morgan fingerprint density at radius 3 is 2.65 bits per heavy atom. The van der Waals surface area contributed by atoms with Gasteiger partial charge in [-0.1, -0.05) is 29.3 Å². The van der Waals surface area contributed by atoms with E-state index in [1.165, 1.54) is 0 Å². The summed E-state index contributed by atoms with van der Waals surface area (Å²) in [6.45, 7) is 0.720. The summed E-state index contributed by atoms with van der Waals surface area (Å²) in [6.07, 6.45) is 4.76. The zero-order chi connectivity index (χ0) is 12.3. The van der Waals surface area contributed by atoms with E-state index in [1.807, 2.05) is 18.2 Å². The van der Waals surface area contributed by atoms with E-state index >= 15 is 0 Å². The van der Waals surface area contributed by atoms with Gasteiger partial charge in [-0.25, -0.2) is 0 Å². The van der Waals surface area contributed by atoms with Crippen LogP contribution in [0.15, 0.2) is 24.4 Å². The van der Waals surface area contributed by atoms with Crippen molar-refractivity contribution in [2.24, 2.45) is 5.73 Å². The number of unbranched alkanes of at least 4 members (excludes halogenated alkanes) is 1. The van der Waals surface area contributed by atoms with Gasteiger partial charge in [0.2, 0.25) is 0 Å². The van der Waals surface area contributed by atoms with E-state index in [0.29, 0.717) is 10.0 Å². The van der Waals surface area contributed by atoms with Gasteiger partial charge >= 0.3 is 0 Å². The third-order valence-corrected chi connectivity index (χ3v) is 3.60. The van der Waals surface area contributed by atoms with Crippen molar-refractivity contribution in [1.29, 1.82) is 0 Å². The number of halogens is 2. The lowest BCUT2D eigenvalue weighted by atomic mass is 10.1. The number of rotatable bonds is 4. The zero-order valence-electron chi connectivity index (χ0n) is 9.42. The first kappa shape index (κ1) is 12.6. The highest BCUT2D eigenvalue weighted by Crippen LogP contribution is 2.31. The first-order valence-electron chi connectivity index (χ1n) is 5.65. The fourth-order valence-electron chi connectivity index (χ4n) is 1.89. The maximum atomic E-state index is 6.18. The smallest absolute Gasteiger partial charge is 0.0671 e. The normalized spacial score (nSPS) is 11.0. The molecule has 0 atom stereocenters. The molecule has 1 aromatic carbocycles. The van der Waals surface area contributed by atoms with Crippen molar-refractivity contribution in [3.63, 3.8) is 0 Å². The van der Waals surface area contributed by atoms with Crippen LogP contribution in [0.2, 0.25) is 10.0 Å². The summed E-state index contributed by atoms with van der Waals surface area (Å²) in [6, 6.07) is 5.70. The zero-order valence-corrected chi connectivity index (χ0v) is 10.9. The first-order valence-corrected chi connectivity index (χ1v) is 6.41. The van der Waals surface area contributed by atoms with E-state index in [-0.39, 0.29) is 0 Å². The van der Waals surface area contributed by atoms with Crippen molar-refractivity contribution >= 4 is 34.0 Å². The number of hydrogen-bond acceptors (Lipinski definition) is 2. The Labute approximate surface area is 111 Å². The number of aryl methyl sites for hydroxylation is 1. The number of fused-ring (bicyclic) bond motifs is 1. The average Bonchev–Trinajstić information content (AvgIpc) is 2.35. The predicted molar refractivity (Wildman–Crippen MR) is 73.8 cm³/mol. The summed E-state index contributed by atoms with van der Waals surface area (Å²) in [5.41, 5.74) is 6.55. The van der Waals surface area contributed by atoms with E-state index < -0.39 is 0 Å². The minimum absolute atomic E-state index is 0.582. The van der Waals surface area contributed by atoms with E-state index in [0.717, 1.165) is 42.3 Å². The van der Waals surface area contributed by atoms with Gasteiger partial charge < -0.3 is 5.73 Å². The predicted octanol–water partition coefficient (Wildman–Crippen LogP) is 3.82. The Balaban J connectivity index is 2.40. The molecule has 0 aliphatic carbocycles. The molecule has 4 heteroatoms. The minimum Gasteiger partial charge on any atom is -0.330 e. The fourth-order valence-corrected chi connectivity index (χ4v) is 2.28. The molecule has 0 saturated carbocycles. The summed E-state index contributed by atoms with van der Waals surface area (Å²) < 4.78 is 0. The minimum atomic E-state index is 0.582. The van der Waals surface area contributed by atoms with Crippen molar-refractivity contribution < 1.29 is 0 Å². The molecule has 90 valence electrons. The van der Waals surface area contributed by atoms with Gasteiger partial charge in [-0.3, -0.25) is 4.98 Å². The largest absolute Gasteiger partial charge is 0.330 e. The van der Waals surface area contributed by atoms with E-state index in [9.17, 15) is 0 Å². The number of pyridine rings is 1. The van der Waals surface area contributed by atoms with Crippen LogP contribution >= 0.6 is 23.2 Å². The molecular weight excluding hydrogens is 255 g/mol. The highest BCUT2D eigenvalue weighted by molar-refractivity contribution is 6.45. The van der Waals surface area contributed by atoms with Gasteiger partial charge in [-0.15, -0.1) is 0 Å². The molecule has 0 bridgehead atoms. The quantitative estimate of drug-likeness (QED) is 0.857. The molecule has 0 aliphatic rings. The molecule has 2 aromatic rings. The Morgan fingerprint density at radius 2 is 1.88 bits per heavy atom. The Bertz CT molecular complexity index is 526. The second-order valence-electron chi connectivity index (χ2n) is 3.96. The first-order chi connectivity index (χ1) is 8.24. The van der Waals surface area contributed by atoms with Gasteiger partial charge in [0.1, 0.15) is 0 Å². The lowest BCUT2D eigenvalue weighted by molar-refractivity contribution is 0.736. The van der Waals surface area contributed by atoms with E-state index in [4.69, 9.17) is 28.9 Å². The van der Waals surface area contributed by atoms with Crippen molar-refractivity contribution in [3.8, 4) is 0 Å². The lowest BCUT2D eigenvalue weighted by Crippen LogP contribution is -2.00. The topological polar surface area (TPSA) is 38.9 Å². The third-order valence-electron chi connectivity index (χ3n) is 2.78. The number of aromatic nitrogens is 1. The van der Waals surface area contributed by atoms with Gasteiger partial charge in [-0.05, 0) is 37.9 Å². The summed E-state index contributed by atoms with van der Waals surface area (Å²) in [4.78, 5) is 4.41. The Morgan fingerprint density at radius 1 is 1.06 bits per heavy atom. The van der Waals surface area contributed by atoms with Crippen LogP contribution in [0.4, 0.5) is 0 Å². The highest BCUT2D eigenvalue weighted by atomic mass is 35.5. The fraction of sp³-hybridized carbons (Fsp3) is 0.308. The second kappa shape index (κ2) is 5.67. The summed E-state index contributed by atoms with van der Waals surface area (Å²) in [5, 5.41) is 3.24. The van der Waals surface area contributed by atoms with Gasteiger partial charge in [0.15, 0.2) is 0 Å². The summed E-state index contributed by atoms with van der Waals surface area (Å²) in [7, 11) is 0. The van der Waals surface area contributed by atoms with E-state index in [2.05, 4.69) is 4.98 Å². The maximum absolute atomic E-state index is 6.18. The molecule has 0 saturated heterocycles. The van der Waals surface area contributed by atoms with Crippen LogP contribution in [0.1, 0.15) is 18.5 Å². The number of nitrogens with zero attached hydrogens (tertiary/aromatic N) is 1. The van der Waals surface area contributed by atoms with Crippen LogP contribution in [0.5, 0.6) is 0 Å². The molecule has 1 heterocycles. The molecule has 0 aliphatic heterocycles. The monoisotopic (exact) mass is 268 g/mol. The molecular formula is C13H14Cl2N2. The number of nitrogens with two attached hydrogens (primary N) is 1. The molecule has 0 fully saturated rings. The van der Waals surface area contributed by atoms with Crippen LogP contribution < -0.4 is 5.73 Å². The van der Waals surface area contributed by atoms with Crippen LogP contribution in [-0.4, -0.2) is 11.5 Å². The van der Waals surface area contributed by atoms with Crippen molar-refractivity contribution in [1.82, 2.24) is 4.98 Å². The Hall–Kier alpha value is -0.830. The Kier molecular flexibility index (Phi) is 4.21. The third kappa shape index (κ3) is 2.71. The molecule has 17 heavy (non-hydrogen) atoms. The van der Waals surface area contributed by atoms with Gasteiger partial charge in [0.25, 0.3) is 0 Å². The molecule has 0 unspecified atom stereocenters. The maximum Gasteiger partial charge on any atom is 0.0671 e. The number of hydrogen-bond donors (Lipinski definition) is 1. The lowest BCUT2D eigenvalue weighted by Gasteiger charge is -2.07. The standard InChI is InChI=1S/C13H14Cl2N2/c14-11-5-4-9-10(13(11)15)6-8-17-12(9)3-1-2-7-16/h4-6,8H,1-3,7,16H2. The van der Waals surface area contributed by atoms with Crippen LogP contribution in [-0.2, 0) is 6.42 Å². The van der Waals surface area contributed by atoms with Crippen LogP contribution in [0.25, 0.3) is 10.8 Å². The van der Waals surface area contributed by atoms with Gasteiger partial charge in [0, 0.05) is 22.7 Å². The van der Waals surface area contributed by atoms with Gasteiger partial charge in [0.05, 0.1) is 10.0 Å². The highest BCUT2D eigenvalue weighted by Gasteiger charge is 2.07. The molecule has 2 rings (SSSR count). The van der Waals surface area contributed by atoms with Crippen molar-refractivity contribution in [2.75, 3.05) is 6.54 Å². The summed E-state index contributed by atoms with van der Waals surface area (Å²) >= 11 is 12.2. The van der Waals surface area contributed by atoms with E-state index in [1.54, 1.807) is 6.20 Å². The summed E-state index contributed by atoms with van der Waals surface area (Å²) in [5.74, 6) is 0. The second-order valence-corrected chi connectivity index (χ2v) is 4.75. The van der Waals surface area contributed by atoms with Crippen molar-refractivity contribution in [2.45, 2.75) is 19.3 Å². The molecule has 0 amide bonds. The number of benzene rings is 1. The molecule has 1 aromatic heterocycles. The molecule has 0 radical (unpaired) electrons. The van der Waals surface area contributed by atoms with Crippen molar-refractivity contribution in [3.05, 3.63) is 40.1 Å².